The standard InChI is InChI=1S/C25H26Cl2N2O/c26-22-12-11-20(17-23(22)27)25(29-15-6-13-28-14-16-29)21-9-4-5-10-24(21)30-18-19-7-2-1-3-8-19/h1-5,7-12,17,25,28H,6,13-16,18H2. The van der Waals surface area contributed by atoms with E-state index in [4.69, 9.17) is 27.9 Å². The van der Waals surface area contributed by atoms with Gasteiger partial charge in [-0.1, -0.05) is 77.8 Å². The van der Waals surface area contributed by atoms with Crippen LogP contribution in [-0.2, 0) is 6.61 Å². The van der Waals surface area contributed by atoms with Gasteiger partial charge in [0, 0.05) is 25.2 Å². The molecule has 0 aliphatic carbocycles. The molecule has 0 aromatic heterocycles. The van der Waals surface area contributed by atoms with Crippen molar-refractivity contribution in [3.63, 3.8) is 0 Å². The summed E-state index contributed by atoms with van der Waals surface area (Å²) in [7, 11) is 0. The lowest BCUT2D eigenvalue weighted by Crippen LogP contribution is -2.33. The lowest BCUT2D eigenvalue weighted by molar-refractivity contribution is 0.230. The number of rotatable bonds is 6. The molecule has 0 spiro atoms. The van der Waals surface area contributed by atoms with Gasteiger partial charge in [-0.3, -0.25) is 4.90 Å². The highest BCUT2D eigenvalue weighted by Crippen LogP contribution is 2.37. The maximum absolute atomic E-state index is 6.40. The molecule has 156 valence electrons. The summed E-state index contributed by atoms with van der Waals surface area (Å²) < 4.78 is 6.30. The molecule has 1 saturated heterocycles. The molecule has 1 N–H and O–H groups in total. The van der Waals surface area contributed by atoms with Gasteiger partial charge in [-0.25, -0.2) is 0 Å². The molecular formula is C25H26Cl2N2O. The van der Waals surface area contributed by atoms with Gasteiger partial charge in [0.25, 0.3) is 0 Å². The minimum Gasteiger partial charge on any atom is -0.489 e. The molecule has 0 amide bonds. The van der Waals surface area contributed by atoms with Gasteiger partial charge >= 0.3 is 0 Å². The van der Waals surface area contributed by atoms with Crippen LogP contribution in [-0.4, -0.2) is 31.1 Å². The van der Waals surface area contributed by atoms with Crippen molar-refractivity contribution in [2.24, 2.45) is 0 Å². The smallest absolute Gasteiger partial charge is 0.124 e. The maximum atomic E-state index is 6.40. The predicted octanol–water partition coefficient (Wildman–Crippen LogP) is 5.96. The first-order valence-electron chi connectivity index (χ1n) is 10.4. The molecule has 1 aliphatic heterocycles. The molecule has 0 radical (unpaired) electrons. The van der Waals surface area contributed by atoms with Gasteiger partial charge in [0.1, 0.15) is 12.4 Å². The Morgan fingerprint density at radius 1 is 0.867 bits per heavy atom. The summed E-state index contributed by atoms with van der Waals surface area (Å²) in [6.45, 7) is 4.50. The molecule has 1 unspecified atom stereocenters. The zero-order chi connectivity index (χ0) is 20.8. The first-order chi connectivity index (χ1) is 14.7. The number of para-hydroxylation sites is 1. The first-order valence-corrected chi connectivity index (χ1v) is 11.1. The fourth-order valence-corrected chi connectivity index (χ4v) is 4.27. The van der Waals surface area contributed by atoms with Crippen molar-refractivity contribution in [3.8, 4) is 5.75 Å². The molecule has 1 atom stereocenters. The quantitative estimate of drug-likeness (QED) is 0.511. The summed E-state index contributed by atoms with van der Waals surface area (Å²) in [5.41, 5.74) is 3.42. The average Bonchev–Trinajstić information content (AvgIpc) is 3.06. The average molecular weight is 441 g/mol. The summed E-state index contributed by atoms with van der Waals surface area (Å²) >= 11 is 12.6. The maximum Gasteiger partial charge on any atom is 0.124 e. The van der Waals surface area contributed by atoms with Crippen LogP contribution in [0.2, 0.25) is 10.0 Å². The fraction of sp³-hybridized carbons (Fsp3) is 0.280. The van der Waals surface area contributed by atoms with Gasteiger partial charge in [-0.15, -0.1) is 0 Å². The predicted molar refractivity (Wildman–Crippen MR) is 125 cm³/mol. The third-order valence-corrected chi connectivity index (χ3v) is 6.19. The van der Waals surface area contributed by atoms with Crippen LogP contribution in [0.1, 0.15) is 29.2 Å². The second-order valence-electron chi connectivity index (χ2n) is 7.53. The van der Waals surface area contributed by atoms with E-state index in [0.29, 0.717) is 16.7 Å². The molecule has 30 heavy (non-hydrogen) atoms. The summed E-state index contributed by atoms with van der Waals surface area (Å²) in [6.07, 6.45) is 1.10. The van der Waals surface area contributed by atoms with Crippen LogP contribution >= 0.6 is 23.2 Å². The van der Waals surface area contributed by atoms with Crippen LogP contribution in [0.4, 0.5) is 0 Å². The molecule has 0 saturated carbocycles. The number of hydrogen-bond donors (Lipinski definition) is 1. The minimum atomic E-state index is 0.0478. The minimum absolute atomic E-state index is 0.0478. The van der Waals surface area contributed by atoms with Crippen molar-refractivity contribution in [2.45, 2.75) is 19.1 Å². The Balaban J connectivity index is 1.70. The van der Waals surface area contributed by atoms with Gasteiger partial charge < -0.3 is 10.1 Å². The van der Waals surface area contributed by atoms with E-state index >= 15 is 0 Å². The Bertz CT molecular complexity index is 956. The van der Waals surface area contributed by atoms with E-state index in [1.165, 1.54) is 0 Å². The topological polar surface area (TPSA) is 24.5 Å². The highest BCUT2D eigenvalue weighted by molar-refractivity contribution is 6.42. The molecular weight excluding hydrogens is 415 g/mol. The van der Waals surface area contributed by atoms with Gasteiger partial charge in [-0.05, 0) is 42.3 Å². The van der Waals surface area contributed by atoms with E-state index in [9.17, 15) is 0 Å². The number of ether oxygens (including phenoxy) is 1. The number of halogens is 2. The zero-order valence-corrected chi connectivity index (χ0v) is 18.4. The molecule has 1 fully saturated rings. The highest BCUT2D eigenvalue weighted by Gasteiger charge is 2.26. The van der Waals surface area contributed by atoms with E-state index in [2.05, 4.69) is 46.6 Å². The summed E-state index contributed by atoms with van der Waals surface area (Å²) in [5.74, 6) is 0.898. The molecule has 0 bridgehead atoms. The largest absolute Gasteiger partial charge is 0.489 e. The van der Waals surface area contributed by atoms with Crippen LogP contribution in [0.25, 0.3) is 0 Å². The third kappa shape index (κ3) is 5.16. The Labute approximate surface area is 188 Å². The molecule has 5 heteroatoms. The second kappa shape index (κ2) is 10.3. The molecule has 1 aliphatic rings. The zero-order valence-electron chi connectivity index (χ0n) is 16.9. The Kier molecular flexibility index (Phi) is 7.29. The Morgan fingerprint density at radius 2 is 1.67 bits per heavy atom. The molecule has 3 aromatic carbocycles. The fourth-order valence-electron chi connectivity index (χ4n) is 3.97. The van der Waals surface area contributed by atoms with Crippen LogP contribution in [0, 0.1) is 0 Å². The van der Waals surface area contributed by atoms with E-state index in [1.807, 2.05) is 36.4 Å². The van der Waals surface area contributed by atoms with Crippen molar-refractivity contribution in [1.82, 2.24) is 10.2 Å². The van der Waals surface area contributed by atoms with Gasteiger partial charge in [0.2, 0.25) is 0 Å². The number of nitrogens with one attached hydrogen (secondary N) is 1. The van der Waals surface area contributed by atoms with Gasteiger partial charge in [0.15, 0.2) is 0 Å². The molecule has 4 rings (SSSR count). The van der Waals surface area contributed by atoms with Crippen molar-refractivity contribution in [3.05, 3.63) is 99.5 Å². The number of nitrogens with zero attached hydrogens (tertiary/aromatic N) is 1. The van der Waals surface area contributed by atoms with Gasteiger partial charge in [0.05, 0.1) is 16.1 Å². The Hall–Kier alpha value is -2.04. The SMILES string of the molecule is Clc1ccc(C(c2ccccc2OCc2ccccc2)N2CCCNCC2)cc1Cl. The first kappa shape index (κ1) is 21.2. The molecule has 1 heterocycles. The van der Waals surface area contributed by atoms with E-state index in [1.54, 1.807) is 0 Å². The second-order valence-corrected chi connectivity index (χ2v) is 8.34. The third-order valence-electron chi connectivity index (χ3n) is 5.45. The summed E-state index contributed by atoms with van der Waals surface area (Å²) in [5, 5.41) is 4.65. The van der Waals surface area contributed by atoms with Crippen LogP contribution in [0.3, 0.4) is 0 Å². The Morgan fingerprint density at radius 3 is 2.50 bits per heavy atom. The van der Waals surface area contributed by atoms with E-state index in [-0.39, 0.29) is 6.04 Å². The number of hydrogen-bond acceptors (Lipinski definition) is 3. The van der Waals surface area contributed by atoms with Crippen molar-refractivity contribution in [1.29, 1.82) is 0 Å². The van der Waals surface area contributed by atoms with Crippen molar-refractivity contribution < 1.29 is 4.74 Å². The lowest BCUT2D eigenvalue weighted by Gasteiger charge is -2.32. The van der Waals surface area contributed by atoms with E-state index < -0.39 is 0 Å². The summed E-state index contributed by atoms with van der Waals surface area (Å²) in [6, 6.07) is 24.6. The monoisotopic (exact) mass is 440 g/mol. The molecule has 3 aromatic rings. The van der Waals surface area contributed by atoms with E-state index in [0.717, 1.165) is 55.0 Å². The van der Waals surface area contributed by atoms with Crippen molar-refractivity contribution >= 4 is 23.2 Å². The normalized spacial score (nSPS) is 16.1. The number of benzene rings is 3. The lowest BCUT2D eigenvalue weighted by atomic mass is 9.95. The summed E-state index contributed by atoms with van der Waals surface area (Å²) in [4.78, 5) is 2.50. The van der Waals surface area contributed by atoms with Gasteiger partial charge in [-0.2, -0.15) is 0 Å². The highest BCUT2D eigenvalue weighted by atomic mass is 35.5. The van der Waals surface area contributed by atoms with Crippen molar-refractivity contribution in [2.75, 3.05) is 26.2 Å². The van der Waals surface area contributed by atoms with Crippen LogP contribution in [0.15, 0.2) is 72.8 Å². The van der Waals surface area contributed by atoms with Crippen LogP contribution < -0.4 is 10.1 Å². The van der Waals surface area contributed by atoms with Crippen LogP contribution in [0.5, 0.6) is 5.75 Å². The molecule has 3 nitrogen and oxygen atoms in total.